The third kappa shape index (κ3) is 2.29. The van der Waals surface area contributed by atoms with Gasteiger partial charge in [-0.3, -0.25) is 0 Å². The molecule has 1 aromatic carbocycles. The third-order valence-electron chi connectivity index (χ3n) is 2.98. The zero-order valence-electron chi connectivity index (χ0n) is 11.0. The number of H-pyrrole nitrogens is 1. The van der Waals surface area contributed by atoms with E-state index < -0.39 is 0 Å². The first-order valence-corrected chi connectivity index (χ1v) is 6.40. The van der Waals surface area contributed by atoms with Crippen LogP contribution in [-0.2, 0) is 0 Å². The summed E-state index contributed by atoms with van der Waals surface area (Å²) < 4.78 is 1.92. The van der Waals surface area contributed by atoms with E-state index in [0.29, 0.717) is 6.04 Å². The molecule has 3 rings (SSSR count). The smallest absolute Gasteiger partial charge is 0.176 e. The molecular formula is C15H16N4. The van der Waals surface area contributed by atoms with Gasteiger partial charge in [0.05, 0.1) is 6.20 Å². The molecule has 0 aliphatic heterocycles. The van der Waals surface area contributed by atoms with Crippen molar-refractivity contribution in [3.8, 4) is 0 Å². The van der Waals surface area contributed by atoms with E-state index in [1.54, 1.807) is 0 Å². The van der Waals surface area contributed by atoms with Crippen LogP contribution in [0.15, 0.2) is 36.5 Å². The number of imidazole rings is 1. The number of hydrogen-bond acceptors (Lipinski definition) is 2. The van der Waals surface area contributed by atoms with Crippen molar-refractivity contribution in [1.29, 1.82) is 0 Å². The Balaban J connectivity index is 1.92. The zero-order valence-corrected chi connectivity index (χ0v) is 11.0. The number of hydrogen-bond donors (Lipinski definition) is 1. The lowest BCUT2D eigenvalue weighted by molar-refractivity contribution is 0.546. The first kappa shape index (κ1) is 11.7. The topological polar surface area (TPSA) is 46.5 Å². The van der Waals surface area contributed by atoms with Gasteiger partial charge >= 0.3 is 0 Å². The van der Waals surface area contributed by atoms with Crippen LogP contribution in [0.1, 0.15) is 31.3 Å². The number of nitrogens with one attached hydrogen (secondary N) is 1. The summed E-state index contributed by atoms with van der Waals surface area (Å²) in [7, 11) is 0. The lowest BCUT2D eigenvalue weighted by Crippen LogP contribution is -2.02. The SMILES string of the molecule is CC(C)n1ncc2[nH]c(C=Cc3ccccc3)nc21. The molecule has 0 fully saturated rings. The van der Waals surface area contributed by atoms with Crippen LogP contribution in [0.3, 0.4) is 0 Å². The average Bonchev–Trinajstić information content (AvgIpc) is 2.96. The fraction of sp³-hybridized carbons (Fsp3) is 0.200. The Morgan fingerprint density at radius 1 is 1.16 bits per heavy atom. The van der Waals surface area contributed by atoms with Crippen LogP contribution in [0.25, 0.3) is 23.3 Å². The van der Waals surface area contributed by atoms with Gasteiger partial charge in [-0.1, -0.05) is 36.4 Å². The van der Waals surface area contributed by atoms with Crippen molar-refractivity contribution in [2.75, 3.05) is 0 Å². The molecule has 4 heteroatoms. The minimum absolute atomic E-state index is 0.312. The summed E-state index contributed by atoms with van der Waals surface area (Å²) in [6, 6.07) is 10.5. The highest BCUT2D eigenvalue weighted by atomic mass is 15.3. The van der Waals surface area contributed by atoms with E-state index in [-0.39, 0.29) is 0 Å². The maximum atomic E-state index is 4.57. The van der Waals surface area contributed by atoms with E-state index in [0.717, 1.165) is 22.6 Å². The van der Waals surface area contributed by atoms with E-state index in [2.05, 4.69) is 41.0 Å². The van der Waals surface area contributed by atoms with Crippen LogP contribution in [0.5, 0.6) is 0 Å². The molecule has 0 bridgehead atoms. The Bertz CT molecular complexity index is 704. The zero-order chi connectivity index (χ0) is 13.2. The fourth-order valence-electron chi connectivity index (χ4n) is 2.03. The van der Waals surface area contributed by atoms with Crippen molar-refractivity contribution in [2.24, 2.45) is 0 Å². The summed E-state index contributed by atoms with van der Waals surface area (Å²) in [5.74, 6) is 0.852. The van der Waals surface area contributed by atoms with E-state index in [1.165, 1.54) is 0 Å². The maximum Gasteiger partial charge on any atom is 0.176 e. The van der Waals surface area contributed by atoms with Crippen molar-refractivity contribution < 1.29 is 0 Å². The monoisotopic (exact) mass is 252 g/mol. The van der Waals surface area contributed by atoms with E-state index in [9.17, 15) is 0 Å². The third-order valence-corrected chi connectivity index (χ3v) is 2.98. The van der Waals surface area contributed by atoms with Gasteiger partial charge in [-0.25, -0.2) is 9.67 Å². The van der Waals surface area contributed by atoms with Gasteiger partial charge in [0.15, 0.2) is 5.65 Å². The van der Waals surface area contributed by atoms with Crippen LogP contribution in [-0.4, -0.2) is 19.7 Å². The number of fused-ring (bicyclic) bond motifs is 1. The number of nitrogens with zero attached hydrogens (tertiary/aromatic N) is 3. The minimum atomic E-state index is 0.312. The molecule has 96 valence electrons. The number of aromatic nitrogens is 4. The molecule has 0 unspecified atom stereocenters. The van der Waals surface area contributed by atoms with Gasteiger partial charge < -0.3 is 4.98 Å². The van der Waals surface area contributed by atoms with Crippen LogP contribution in [0, 0.1) is 0 Å². The Morgan fingerprint density at radius 2 is 1.95 bits per heavy atom. The van der Waals surface area contributed by atoms with Gasteiger partial charge in [0.1, 0.15) is 11.3 Å². The van der Waals surface area contributed by atoms with Gasteiger partial charge in [-0.2, -0.15) is 5.10 Å². The molecular weight excluding hydrogens is 236 g/mol. The Labute approximate surface area is 111 Å². The van der Waals surface area contributed by atoms with Crippen LogP contribution >= 0.6 is 0 Å². The van der Waals surface area contributed by atoms with Crippen molar-refractivity contribution in [3.05, 3.63) is 47.9 Å². The Kier molecular flexibility index (Phi) is 2.91. The predicted octanol–water partition coefficient (Wildman–Crippen LogP) is 3.51. The van der Waals surface area contributed by atoms with Gasteiger partial charge in [0.2, 0.25) is 0 Å². The summed E-state index contributed by atoms with van der Waals surface area (Å²) in [6.45, 7) is 4.20. The predicted molar refractivity (Wildman–Crippen MR) is 77.6 cm³/mol. The standard InChI is InChI=1S/C15H16N4/c1-11(2)19-15-13(10-16-19)17-14(18-15)9-8-12-6-4-3-5-7-12/h3-11H,1-2H3,(H,17,18). The first-order chi connectivity index (χ1) is 9.24. The highest BCUT2D eigenvalue weighted by Crippen LogP contribution is 2.16. The summed E-state index contributed by atoms with van der Waals surface area (Å²) >= 11 is 0. The number of rotatable bonds is 3. The molecule has 2 aromatic heterocycles. The second kappa shape index (κ2) is 4.72. The summed E-state index contributed by atoms with van der Waals surface area (Å²) in [5.41, 5.74) is 3.04. The average molecular weight is 252 g/mol. The van der Waals surface area contributed by atoms with E-state index in [1.807, 2.05) is 41.2 Å². The first-order valence-electron chi connectivity index (χ1n) is 6.40. The molecule has 3 aromatic rings. The highest BCUT2D eigenvalue weighted by molar-refractivity contribution is 5.75. The van der Waals surface area contributed by atoms with E-state index in [4.69, 9.17) is 0 Å². The Morgan fingerprint density at radius 3 is 2.68 bits per heavy atom. The molecule has 0 atom stereocenters. The molecule has 0 aliphatic carbocycles. The normalized spacial score (nSPS) is 11.9. The molecule has 2 heterocycles. The van der Waals surface area contributed by atoms with Gasteiger partial charge in [-0.15, -0.1) is 0 Å². The maximum absolute atomic E-state index is 4.57. The molecule has 1 N–H and O–H groups in total. The van der Waals surface area contributed by atoms with Gasteiger partial charge in [0.25, 0.3) is 0 Å². The summed E-state index contributed by atoms with van der Waals surface area (Å²) in [4.78, 5) is 7.83. The van der Waals surface area contributed by atoms with E-state index >= 15 is 0 Å². The molecule has 0 amide bonds. The van der Waals surface area contributed by atoms with Crippen molar-refractivity contribution in [1.82, 2.24) is 19.7 Å². The molecule has 0 saturated carbocycles. The van der Waals surface area contributed by atoms with Crippen molar-refractivity contribution >= 4 is 23.3 Å². The lowest BCUT2D eigenvalue weighted by atomic mass is 10.2. The van der Waals surface area contributed by atoms with Crippen LogP contribution in [0.4, 0.5) is 0 Å². The number of aromatic amines is 1. The lowest BCUT2D eigenvalue weighted by Gasteiger charge is -2.03. The fourth-order valence-corrected chi connectivity index (χ4v) is 2.03. The highest BCUT2D eigenvalue weighted by Gasteiger charge is 2.09. The molecule has 0 saturated heterocycles. The summed E-state index contributed by atoms with van der Waals surface area (Å²) in [6.07, 6.45) is 5.85. The van der Waals surface area contributed by atoms with Crippen molar-refractivity contribution in [3.63, 3.8) is 0 Å². The van der Waals surface area contributed by atoms with Gasteiger partial charge in [-0.05, 0) is 25.5 Å². The molecule has 4 nitrogen and oxygen atoms in total. The molecule has 0 aliphatic rings. The molecule has 0 radical (unpaired) electrons. The molecule has 0 spiro atoms. The minimum Gasteiger partial charge on any atom is -0.336 e. The van der Waals surface area contributed by atoms with Crippen LogP contribution in [0.2, 0.25) is 0 Å². The second-order valence-electron chi connectivity index (χ2n) is 4.79. The molecule has 19 heavy (non-hydrogen) atoms. The second-order valence-corrected chi connectivity index (χ2v) is 4.79. The van der Waals surface area contributed by atoms with Crippen LogP contribution < -0.4 is 0 Å². The van der Waals surface area contributed by atoms with Gasteiger partial charge in [0, 0.05) is 6.04 Å². The Hall–Kier alpha value is -2.36. The quantitative estimate of drug-likeness (QED) is 0.775. The summed E-state index contributed by atoms with van der Waals surface area (Å²) in [5, 5.41) is 4.31. The number of benzene rings is 1. The van der Waals surface area contributed by atoms with Crippen molar-refractivity contribution in [2.45, 2.75) is 19.9 Å². The largest absolute Gasteiger partial charge is 0.336 e.